The van der Waals surface area contributed by atoms with E-state index >= 15 is 0 Å². The third-order valence-electron chi connectivity index (χ3n) is 10.2. The monoisotopic (exact) mass is 682 g/mol. The predicted molar refractivity (Wildman–Crippen MR) is 178 cm³/mol. The Morgan fingerprint density at radius 3 is 2.46 bits per heavy atom. The van der Waals surface area contributed by atoms with Gasteiger partial charge >= 0.3 is 17.9 Å². The van der Waals surface area contributed by atoms with Gasteiger partial charge in [-0.05, 0) is 79.5 Å². The lowest BCUT2D eigenvalue weighted by Crippen LogP contribution is -2.50. The van der Waals surface area contributed by atoms with Crippen LogP contribution in [0.25, 0.3) is 0 Å². The lowest BCUT2D eigenvalue weighted by molar-refractivity contribution is -0.140. The molecule has 5 atom stereocenters. The summed E-state index contributed by atoms with van der Waals surface area (Å²) in [6, 6.07) is 1.67. The molecule has 1 spiro atoms. The van der Waals surface area contributed by atoms with E-state index < -0.39 is 48.3 Å². The van der Waals surface area contributed by atoms with E-state index in [1.165, 1.54) is 17.3 Å². The Bertz CT molecular complexity index is 1440. The molecule has 1 aliphatic heterocycles. The summed E-state index contributed by atoms with van der Waals surface area (Å²) in [6.45, 7) is -0.614. The van der Waals surface area contributed by atoms with E-state index in [0.717, 1.165) is 81.8 Å². The number of hydrogen-bond acceptors (Lipinski definition) is 9. The number of amides is 2. The number of pyridine rings is 1. The van der Waals surface area contributed by atoms with Crippen LogP contribution in [0.5, 0.6) is 0 Å². The Morgan fingerprint density at radius 1 is 1.06 bits per heavy atom. The Morgan fingerprint density at radius 2 is 1.77 bits per heavy atom. The average molecular weight is 683 g/mol. The van der Waals surface area contributed by atoms with E-state index in [2.05, 4.69) is 21.7 Å². The van der Waals surface area contributed by atoms with Gasteiger partial charge in [-0.2, -0.15) is 0 Å². The topological polar surface area (TPSA) is 198 Å². The summed E-state index contributed by atoms with van der Waals surface area (Å²) < 4.78 is 6.28. The van der Waals surface area contributed by atoms with Crippen LogP contribution in [0.3, 0.4) is 0 Å². The van der Waals surface area contributed by atoms with Gasteiger partial charge in [0.2, 0.25) is 11.8 Å². The Balaban J connectivity index is 1.45. The second-order valence-corrected chi connectivity index (χ2v) is 14.7. The number of nitrogens with two attached hydrogens (primary N) is 1. The molecule has 13 heteroatoms. The lowest BCUT2D eigenvalue weighted by atomic mass is 9.70. The van der Waals surface area contributed by atoms with Crippen LogP contribution >= 0.6 is 11.8 Å². The predicted octanol–water partition coefficient (Wildman–Crippen LogP) is 3.50. The number of carboxylic acid groups (broad SMARTS) is 2. The second kappa shape index (κ2) is 16.1. The number of nitrogens with one attached hydrogen (secondary N) is 2. The number of carbonyl (C=O) groups excluding carboxylic acids is 3. The van der Waals surface area contributed by atoms with Crippen LogP contribution in [-0.2, 0) is 35.1 Å². The van der Waals surface area contributed by atoms with Crippen molar-refractivity contribution >= 4 is 41.5 Å². The number of hydrogen-bond donors (Lipinski definition) is 5. The first-order valence-electron chi connectivity index (χ1n) is 17.0. The van der Waals surface area contributed by atoms with Crippen molar-refractivity contribution in [1.82, 2.24) is 15.6 Å². The number of carboxylic acids is 2. The highest BCUT2D eigenvalue weighted by atomic mass is 32.2. The summed E-state index contributed by atoms with van der Waals surface area (Å²) in [7, 11) is 0. The Kier molecular flexibility index (Phi) is 12.0. The maximum absolute atomic E-state index is 13.7. The standard InChI is InChI=1S/C35H46N4O8S/c36-25(33(44)45)7-8-27(40)39-26(32(43)38-19-28(41)42)20-48-31-30-29-23(6-2-1-3-11-35(31)12-4-5-13-35)17-22(18-24(29)34(46)47-30)16-21-9-14-37-15-10-21/h9-10,14-15,18,23-26,31H,1-8,11-13,16-17,19-20,36H2,(H,38,43)(H,39,40)(H,41,42)(H,44,45). The highest BCUT2D eigenvalue weighted by Gasteiger charge is 2.51. The molecule has 0 aromatic carbocycles. The summed E-state index contributed by atoms with van der Waals surface area (Å²) in [4.78, 5) is 66.3. The van der Waals surface area contributed by atoms with Crippen LogP contribution in [-0.4, -0.2) is 74.6 Å². The molecule has 5 unspecified atom stereocenters. The molecule has 2 heterocycles. The number of rotatable bonds is 13. The van der Waals surface area contributed by atoms with Crippen LogP contribution < -0.4 is 16.4 Å². The number of aromatic nitrogens is 1. The molecule has 0 bridgehead atoms. The molecule has 0 radical (unpaired) electrons. The smallest absolute Gasteiger partial charge is 0.322 e. The minimum atomic E-state index is -1.23. The van der Waals surface area contributed by atoms with Crippen molar-refractivity contribution in [2.75, 3.05) is 12.3 Å². The minimum absolute atomic E-state index is 0.112. The van der Waals surface area contributed by atoms with Gasteiger partial charge in [-0.15, -0.1) is 11.8 Å². The molecule has 4 aliphatic rings. The van der Waals surface area contributed by atoms with E-state index in [-0.39, 0.29) is 41.1 Å². The molecule has 5 rings (SSSR count). The van der Waals surface area contributed by atoms with Gasteiger partial charge in [0.15, 0.2) is 0 Å². The van der Waals surface area contributed by atoms with E-state index in [1.54, 1.807) is 12.4 Å². The second-order valence-electron chi connectivity index (χ2n) is 13.6. The molecule has 260 valence electrons. The number of thioether (sulfide) groups is 1. The summed E-state index contributed by atoms with van der Waals surface area (Å²) in [5.74, 6) is -3.40. The van der Waals surface area contributed by atoms with Gasteiger partial charge in [0.25, 0.3) is 0 Å². The molecular weight excluding hydrogens is 636 g/mol. The number of nitrogens with zero attached hydrogens (tertiary/aromatic N) is 1. The fraction of sp³-hybridized carbons (Fsp3) is 0.600. The maximum Gasteiger partial charge on any atom is 0.322 e. The van der Waals surface area contributed by atoms with Crippen molar-refractivity contribution in [3.05, 3.63) is 53.1 Å². The van der Waals surface area contributed by atoms with E-state index in [4.69, 9.17) is 15.6 Å². The van der Waals surface area contributed by atoms with Crippen molar-refractivity contribution < 1.29 is 38.9 Å². The largest absolute Gasteiger partial charge is 0.480 e. The molecule has 48 heavy (non-hydrogen) atoms. The summed E-state index contributed by atoms with van der Waals surface area (Å²) in [5.41, 5.74) is 8.85. The number of esters is 1. The number of aliphatic carboxylic acids is 2. The summed E-state index contributed by atoms with van der Waals surface area (Å²) in [6.07, 6.45) is 16.1. The number of carbonyl (C=O) groups is 5. The molecule has 1 aromatic heterocycles. The molecular formula is C35H46N4O8S. The number of allylic oxidation sites excluding steroid dienone is 1. The summed E-state index contributed by atoms with van der Waals surface area (Å²) in [5, 5.41) is 23.1. The van der Waals surface area contributed by atoms with Gasteiger partial charge in [0.1, 0.15) is 30.3 Å². The van der Waals surface area contributed by atoms with Gasteiger partial charge in [-0.3, -0.25) is 29.0 Å². The van der Waals surface area contributed by atoms with Crippen LogP contribution in [0.2, 0.25) is 0 Å². The maximum atomic E-state index is 13.7. The van der Waals surface area contributed by atoms with Gasteiger partial charge in [-0.1, -0.05) is 43.8 Å². The highest BCUT2D eigenvalue weighted by molar-refractivity contribution is 8.00. The SMILES string of the molecule is NC(CCC(=O)NC(CSC1C2=C3C(CCCCCC14CCCC4)CC(Cc1ccncc1)=CC3C(=O)O2)C(=O)NCC(=O)O)C(=O)O. The van der Waals surface area contributed by atoms with Gasteiger partial charge in [0, 0.05) is 24.6 Å². The highest BCUT2D eigenvalue weighted by Crippen LogP contribution is 2.56. The number of ether oxygens (including phenoxy) is 1. The van der Waals surface area contributed by atoms with E-state index in [0.29, 0.717) is 5.76 Å². The molecule has 1 fully saturated rings. The minimum Gasteiger partial charge on any atom is -0.480 e. The quantitative estimate of drug-likeness (QED) is 0.151. The van der Waals surface area contributed by atoms with Crippen molar-refractivity contribution in [3.63, 3.8) is 0 Å². The van der Waals surface area contributed by atoms with Crippen molar-refractivity contribution in [2.24, 2.45) is 23.0 Å². The van der Waals surface area contributed by atoms with Gasteiger partial charge in [-0.25, -0.2) is 0 Å². The molecule has 3 aliphatic carbocycles. The third-order valence-corrected chi connectivity index (χ3v) is 11.8. The molecule has 2 amide bonds. The van der Waals surface area contributed by atoms with Crippen molar-refractivity contribution in [1.29, 1.82) is 0 Å². The zero-order valence-electron chi connectivity index (χ0n) is 27.2. The first-order valence-corrected chi connectivity index (χ1v) is 18.0. The van der Waals surface area contributed by atoms with Crippen molar-refractivity contribution in [2.45, 2.75) is 101 Å². The van der Waals surface area contributed by atoms with Crippen LogP contribution in [0.15, 0.2) is 47.5 Å². The fourth-order valence-electron chi connectivity index (χ4n) is 7.85. The van der Waals surface area contributed by atoms with E-state index in [9.17, 15) is 29.1 Å². The zero-order valence-corrected chi connectivity index (χ0v) is 28.0. The van der Waals surface area contributed by atoms with Crippen molar-refractivity contribution in [3.8, 4) is 0 Å². The third kappa shape index (κ3) is 8.65. The van der Waals surface area contributed by atoms with Crippen LogP contribution in [0, 0.1) is 17.3 Å². The Hall–Kier alpha value is -3.71. The van der Waals surface area contributed by atoms with Crippen LogP contribution in [0.4, 0.5) is 0 Å². The first kappa shape index (κ1) is 35.6. The lowest BCUT2D eigenvalue weighted by Gasteiger charge is -2.40. The molecule has 1 saturated carbocycles. The molecule has 12 nitrogen and oxygen atoms in total. The zero-order chi connectivity index (χ0) is 34.3. The first-order chi connectivity index (χ1) is 23.1. The average Bonchev–Trinajstić information content (AvgIpc) is 3.67. The van der Waals surface area contributed by atoms with E-state index in [1.807, 2.05) is 12.1 Å². The molecule has 0 saturated heterocycles. The normalized spacial score (nSPS) is 24.6. The van der Waals surface area contributed by atoms with Gasteiger partial charge in [0.05, 0.1) is 5.25 Å². The van der Waals surface area contributed by atoms with Crippen LogP contribution in [0.1, 0.15) is 82.6 Å². The molecule has 6 N–H and O–H groups in total. The fourth-order valence-corrected chi connectivity index (χ4v) is 9.51. The Labute approximate surface area is 284 Å². The molecule has 1 aromatic rings. The van der Waals surface area contributed by atoms with Gasteiger partial charge < -0.3 is 31.3 Å². The summed E-state index contributed by atoms with van der Waals surface area (Å²) >= 11 is 1.49.